The Morgan fingerprint density at radius 3 is 2.75 bits per heavy atom. The molecular formula is C15H24N+. The molecule has 0 aromatic heterocycles. The number of quaternary nitrogens is 1. The van der Waals surface area contributed by atoms with Crippen molar-refractivity contribution in [2.24, 2.45) is 0 Å². The van der Waals surface area contributed by atoms with E-state index in [0.717, 1.165) is 12.0 Å². The van der Waals surface area contributed by atoms with Gasteiger partial charge in [-0.15, -0.1) is 0 Å². The van der Waals surface area contributed by atoms with Crippen molar-refractivity contribution >= 4 is 0 Å². The van der Waals surface area contributed by atoms with Crippen LogP contribution in [0.15, 0.2) is 30.3 Å². The molecule has 0 aliphatic carbocycles. The van der Waals surface area contributed by atoms with Crippen LogP contribution in [-0.4, -0.2) is 12.6 Å². The van der Waals surface area contributed by atoms with Gasteiger partial charge in [0, 0.05) is 5.92 Å². The largest absolute Gasteiger partial charge is 0.343 e. The van der Waals surface area contributed by atoms with E-state index in [1.807, 2.05) is 0 Å². The molecular weight excluding hydrogens is 194 g/mol. The maximum absolute atomic E-state index is 2.59. The predicted molar refractivity (Wildman–Crippen MR) is 68.5 cm³/mol. The van der Waals surface area contributed by atoms with Crippen molar-refractivity contribution in [1.29, 1.82) is 0 Å². The van der Waals surface area contributed by atoms with E-state index >= 15 is 0 Å². The maximum atomic E-state index is 2.59. The molecule has 1 aromatic carbocycles. The summed E-state index contributed by atoms with van der Waals surface area (Å²) >= 11 is 0. The number of hydrogen-bond donors (Lipinski definition) is 1. The maximum Gasteiger partial charge on any atom is 0.0928 e. The third kappa shape index (κ3) is 2.85. The minimum atomic E-state index is 0.749. The quantitative estimate of drug-likeness (QED) is 0.803. The highest BCUT2D eigenvalue weighted by atomic mass is 14.9. The van der Waals surface area contributed by atoms with Gasteiger partial charge in [-0.05, 0) is 37.7 Å². The molecule has 0 amide bonds. The third-order valence-corrected chi connectivity index (χ3v) is 3.90. The minimum Gasteiger partial charge on any atom is -0.343 e. The van der Waals surface area contributed by atoms with Crippen LogP contribution >= 0.6 is 0 Å². The lowest BCUT2D eigenvalue weighted by Gasteiger charge is -2.23. The van der Waals surface area contributed by atoms with E-state index in [1.54, 1.807) is 0 Å². The summed E-state index contributed by atoms with van der Waals surface area (Å²) in [5.74, 6) is 0.749. The average Bonchev–Trinajstić information content (AvgIpc) is 2.61. The number of benzene rings is 1. The second-order valence-corrected chi connectivity index (χ2v) is 4.96. The zero-order valence-electron chi connectivity index (χ0n) is 10.4. The van der Waals surface area contributed by atoms with Crippen molar-refractivity contribution in [3.05, 3.63) is 35.9 Å². The van der Waals surface area contributed by atoms with E-state index in [-0.39, 0.29) is 0 Å². The highest BCUT2D eigenvalue weighted by molar-refractivity contribution is 5.20. The van der Waals surface area contributed by atoms with Crippen LogP contribution in [0.2, 0.25) is 0 Å². The minimum absolute atomic E-state index is 0.749. The van der Waals surface area contributed by atoms with Gasteiger partial charge in [-0.1, -0.05) is 37.3 Å². The van der Waals surface area contributed by atoms with Gasteiger partial charge in [0.25, 0.3) is 0 Å². The van der Waals surface area contributed by atoms with Gasteiger partial charge < -0.3 is 5.32 Å². The standard InChI is InChI=1S/C15H23N/c1-2-14(13-9-5-3-6-10-13)15-11-7-4-8-12-16-15/h3,5-6,9-10,14-16H,2,4,7-8,11-12H2,1H3/p+1/t14-,15+/m1/s1. The van der Waals surface area contributed by atoms with Crippen LogP contribution < -0.4 is 5.32 Å². The Morgan fingerprint density at radius 1 is 1.19 bits per heavy atom. The summed E-state index contributed by atoms with van der Waals surface area (Å²) in [5.41, 5.74) is 1.54. The molecule has 88 valence electrons. The van der Waals surface area contributed by atoms with E-state index in [4.69, 9.17) is 0 Å². The van der Waals surface area contributed by atoms with Gasteiger partial charge in [0.2, 0.25) is 0 Å². The summed E-state index contributed by atoms with van der Waals surface area (Å²) in [4.78, 5) is 0. The van der Waals surface area contributed by atoms with Crippen LogP contribution in [0.3, 0.4) is 0 Å². The van der Waals surface area contributed by atoms with Crippen molar-refractivity contribution in [3.8, 4) is 0 Å². The fraction of sp³-hybridized carbons (Fsp3) is 0.600. The van der Waals surface area contributed by atoms with Gasteiger partial charge >= 0.3 is 0 Å². The van der Waals surface area contributed by atoms with Gasteiger partial charge in [0.15, 0.2) is 0 Å². The molecule has 1 aliphatic heterocycles. The number of hydrogen-bond acceptors (Lipinski definition) is 0. The first kappa shape index (κ1) is 11.7. The second-order valence-electron chi connectivity index (χ2n) is 4.96. The highest BCUT2D eigenvalue weighted by Crippen LogP contribution is 2.25. The van der Waals surface area contributed by atoms with Gasteiger partial charge in [-0.2, -0.15) is 0 Å². The molecule has 16 heavy (non-hydrogen) atoms. The summed E-state index contributed by atoms with van der Waals surface area (Å²) in [6.45, 7) is 3.66. The molecule has 2 N–H and O–H groups in total. The molecule has 0 saturated carbocycles. The Labute approximate surface area is 99.3 Å². The summed E-state index contributed by atoms with van der Waals surface area (Å²) < 4.78 is 0. The Balaban J connectivity index is 2.09. The molecule has 1 aromatic rings. The monoisotopic (exact) mass is 218 g/mol. The molecule has 0 unspecified atom stereocenters. The zero-order valence-corrected chi connectivity index (χ0v) is 10.4. The fourth-order valence-corrected chi connectivity index (χ4v) is 3.00. The Hall–Kier alpha value is -0.820. The van der Waals surface area contributed by atoms with Gasteiger partial charge in [-0.25, -0.2) is 0 Å². The molecule has 0 spiro atoms. The zero-order chi connectivity index (χ0) is 11.2. The molecule has 1 heterocycles. The number of nitrogens with two attached hydrogens (primary N) is 1. The Kier molecular flexibility index (Phi) is 4.41. The summed E-state index contributed by atoms with van der Waals surface area (Å²) in [6, 6.07) is 11.9. The average molecular weight is 218 g/mol. The predicted octanol–water partition coefficient (Wildman–Crippen LogP) is 2.69. The van der Waals surface area contributed by atoms with Crippen LogP contribution in [-0.2, 0) is 0 Å². The van der Waals surface area contributed by atoms with E-state index < -0.39 is 0 Å². The molecule has 1 aliphatic rings. The first-order valence-electron chi connectivity index (χ1n) is 6.80. The van der Waals surface area contributed by atoms with E-state index in [0.29, 0.717) is 0 Å². The third-order valence-electron chi connectivity index (χ3n) is 3.90. The van der Waals surface area contributed by atoms with Crippen molar-refractivity contribution in [2.75, 3.05) is 6.54 Å². The highest BCUT2D eigenvalue weighted by Gasteiger charge is 2.25. The van der Waals surface area contributed by atoms with E-state index in [2.05, 4.69) is 42.6 Å². The first-order valence-corrected chi connectivity index (χ1v) is 6.80. The SMILES string of the molecule is CC[C@H](c1ccccc1)[C@@H]1CCCCC[NH2+]1. The molecule has 2 rings (SSSR count). The van der Waals surface area contributed by atoms with Crippen molar-refractivity contribution < 1.29 is 5.32 Å². The fourth-order valence-electron chi connectivity index (χ4n) is 3.00. The van der Waals surface area contributed by atoms with Crippen LogP contribution in [0.4, 0.5) is 0 Å². The smallest absolute Gasteiger partial charge is 0.0928 e. The summed E-state index contributed by atoms with van der Waals surface area (Å²) in [7, 11) is 0. The number of rotatable bonds is 3. The Bertz CT molecular complexity index is 286. The lowest BCUT2D eigenvalue weighted by molar-refractivity contribution is -0.691. The molecule has 2 atom stereocenters. The van der Waals surface area contributed by atoms with Crippen LogP contribution in [0, 0.1) is 0 Å². The Morgan fingerprint density at radius 2 is 2.00 bits per heavy atom. The molecule has 0 radical (unpaired) electrons. The molecule has 1 heteroatoms. The van der Waals surface area contributed by atoms with Gasteiger partial charge in [0.05, 0.1) is 12.6 Å². The molecule has 1 fully saturated rings. The van der Waals surface area contributed by atoms with E-state index in [9.17, 15) is 0 Å². The van der Waals surface area contributed by atoms with Crippen LogP contribution in [0.5, 0.6) is 0 Å². The van der Waals surface area contributed by atoms with Crippen molar-refractivity contribution in [1.82, 2.24) is 0 Å². The molecule has 1 nitrogen and oxygen atoms in total. The van der Waals surface area contributed by atoms with Gasteiger partial charge in [0.1, 0.15) is 0 Å². The van der Waals surface area contributed by atoms with Crippen molar-refractivity contribution in [3.63, 3.8) is 0 Å². The lowest BCUT2D eigenvalue weighted by atomic mass is 9.87. The van der Waals surface area contributed by atoms with E-state index in [1.165, 1.54) is 44.2 Å². The molecule has 1 saturated heterocycles. The van der Waals surface area contributed by atoms with Crippen molar-refractivity contribution in [2.45, 2.75) is 51.0 Å². The first-order chi connectivity index (χ1) is 7.92. The van der Waals surface area contributed by atoms with Crippen LogP contribution in [0.25, 0.3) is 0 Å². The topological polar surface area (TPSA) is 16.6 Å². The second kappa shape index (κ2) is 6.05. The summed E-state index contributed by atoms with van der Waals surface area (Å²) in [5, 5.41) is 2.59. The lowest BCUT2D eigenvalue weighted by Crippen LogP contribution is -2.90. The summed E-state index contributed by atoms with van der Waals surface area (Å²) in [6.07, 6.45) is 6.92. The van der Waals surface area contributed by atoms with Gasteiger partial charge in [-0.3, -0.25) is 0 Å². The molecule has 0 bridgehead atoms. The van der Waals surface area contributed by atoms with Crippen LogP contribution in [0.1, 0.15) is 50.5 Å². The normalized spacial score (nSPS) is 23.7.